The van der Waals surface area contributed by atoms with E-state index in [4.69, 9.17) is 34.8 Å². The van der Waals surface area contributed by atoms with Crippen molar-refractivity contribution >= 4 is 40.5 Å². The summed E-state index contributed by atoms with van der Waals surface area (Å²) in [5.41, 5.74) is 0.921. The summed E-state index contributed by atoms with van der Waals surface area (Å²) in [5.74, 6) is 0. The van der Waals surface area contributed by atoms with E-state index in [1.54, 1.807) is 6.07 Å². The molecule has 1 atom stereocenters. The summed E-state index contributed by atoms with van der Waals surface area (Å²) in [5, 5.41) is 4.35. The molecule has 1 aliphatic rings. The molecule has 1 unspecified atom stereocenters. The second-order valence-corrected chi connectivity index (χ2v) is 4.75. The summed E-state index contributed by atoms with van der Waals surface area (Å²) in [6.07, 6.45) is 0. The van der Waals surface area contributed by atoms with Crippen LogP contribution in [0, 0.1) is 0 Å². The van der Waals surface area contributed by atoms with E-state index in [2.05, 4.69) is 10.2 Å². The molecule has 1 saturated heterocycles. The second kappa shape index (κ2) is 4.79. The Morgan fingerprint density at radius 2 is 2.13 bits per heavy atom. The van der Waals surface area contributed by atoms with Gasteiger partial charge in [0.15, 0.2) is 0 Å². The molecule has 1 aromatic rings. The topological polar surface area (TPSA) is 15.3 Å². The van der Waals surface area contributed by atoms with Gasteiger partial charge in [0.25, 0.3) is 0 Å². The van der Waals surface area contributed by atoms with Gasteiger partial charge in [0.2, 0.25) is 0 Å². The first-order valence-corrected chi connectivity index (χ1v) is 5.94. The van der Waals surface area contributed by atoms with Crippen molar-refractivity contribution in [2.24, 2.45) is 0 Å². The van der Waals surface area contributed by atoms with Gasteiger partial charge in [0.05, 0.1) is 15.7 Å². The Hall–Kier alpha value is -0.150. The number of rotatable bonds is 1. The lowest BCUT2D eigenvalue weighted by molar-refractivity contribution is 0.552. The molecule has 0 radical (unpaired) electrons. The van der Waals surface area contributed by atoms with Crippen molar-refractivity contribution in [3.8, 4) is 0 Å². The number of hydrogen-bond acceptors (Lipinski definition) is 2. The third kappa shape index (κ3) is 2.51. The molecule has 1 N–H and O–H groups in total. The number of anilines is 1. The van der Waals surface area contributed by atoms with Crippen LogP contribution in [0.3, 0.4) is 0 Å². The van der Waals surface area contributed by atoms with Crippen LogP contribution in [0.25, 0.3) is 0 Å². The van der Waals surface area contributed by atoms with Crippen LogP contribution in [-0.4, -0.2) is 25.1 Å². The van der Waals surface area contributed by atoms with Gasteiger partial charge in [-0.15, -0.1) is 11.6 Å². The van der Waals surface area contributed by atoms with Crippen LogP contribution in [0.4, 0.5) is 5.69 Å². The highest BCUT2D eigenvalue weighted by molar-refractivity contribution is 6.43. The fourth-order valence-electron chi connectivity index (χ4n) is 1.66. The number of hydrogen-bond donors (Lipinski definition) is 1. The molecule has 0 spiro atoms. The zero-order valence-corrected chi connectivity index (χ0v) is 10.3. The van der Waals surface area contributed by atoms with Gasteiger partial charge in [-0.25, -0.2) is 0 Å². The molecule has 2 rings (SSSR count). The van der Waals surface area contributed by atoms with Crippen LogP contribution in [0.2, 0.25) is 10.0 Å². The minimum Gasteiger partial charge on any atom is -0.366 e. The Morgan fingerprint density at radius 1 is 1.33 bits per heavy atom. The van der Waals surface area contributed by atoms with E-state index in [1.165, 1.54) is 0 Å². The number of halogens is 3. The van der Waals surface area contributed by atoms with Gasteiger partial charge in [0, 0.05) is 19.6 Å². The maximum atomic E-state index is 6.14. The zero-order chi connectivity index (χ0) is 10.8. The lowest BCUT2D eigenvalue weighted by Crippen LogP contribution is -2.48. The molecule has 0 aromatic heterocycles. The number of nitrogens with one attached hydrogen (secondary N) is 1. The molecule has 1 aromatic carbocycles. The highest BCUT2D eigenvalue weighted by Gasteiger charge is 2.19. The van der Waals surface area contributed by atoms with E-state index in [0.717, 1.165) is 25.3 Å². The van der Waals surface area contributed by atoms with E-state index in [-0.39, 0.29) is 5.50 Å². The van der Waals surface area contributed by atoms with Gasteiger partial charge in [-0.1, -0.05) is 29.3 Å². The molecule has 5 heteroatoms. The van der Waals surface area contributed by atoms with E-state index in [0.29, 0.717) is 10.0 Å². The first-order chi connectivity index (χ1) is 7.18. The van der Waals surface area contributed by atoms with E-state index in [1.807, 2.05) is 12.1 Å². The van der Waals surface area contributed by atoms with E-state index in [9.17, 15) is 0 Å². The average Bonchev–Trinajstić information content (AvgIpc) is 2.22. The van der Waals surface area contributed by atoms with Crippen LogP contribution in [0.15, 0.2) is 18.2 Å². The van der Waals surface area contributed by atoms with Gasteiger partial charge in [-0.3, -0.25) is 5.32 Å². The van der Waals surface area contributed by atoms with Gasteiger partial charge < -0.3 is 4.90 Å². The van der Waals surface area contributed by atoms with Gasteiger partial charge in [-0.2, -0.15) is 0 Å². The summed E-state index contributed by atoms with van der Waals surface area (Å²) in [6.45, 7) is 2.49. The first kappa shape index (κ1) is 11.3. The summed E-state index contributed by atoms with van der Waals surface area (Å²) >= 11 is 18.1. The Morgan fingerprint density at radius 3 is 2.87 bits per heavy atom. The van der Waals surface area contributed by atoms with Crippen LogP contribution in [-0.2, 0) is 0 Å². The van der Waals surface area contributed by atoms with Crippen molar-refractivity contribution in [3.63, 3.8) is 0 Å². The minimum atomic E-state index is -0.0335. The van der Waals surface area contributed by atoms with Gasteiger partial charge >= 0.3 is 0 Å². The van der Waals surface area contributed by atoms with Gasteiger partial charge in [-0.05, 0) is 12.1 Å². The Labute approximate surface area is 104 Å². The quantitative estimate of drug-likeness (QED) is 0.620. The normalized spacial score (nSPS) is 21.8. The molecule has 15 heavy (non-hydrogen) atoms. The minimum absolute atomic E-state index is 0.0335. The standard InChI is InChI=1S/C10H11Cl3N2/c11-7-2-1-3-8(10(7)13)15-5-4-14-9(12)6-15/h1-3,9,14H,4-6H2. The van der Waals surface area contributed by atoms with Crippen molar-refractivity contribution in [2.75, 3.05) is 24.5 Å². The fraction of sp³-hybridized carbons (Fsp3) is 0.400. The first-order valence-electron chi connectivity index (χ1n) is 4.75. The number of alkyl halides is 1. The molecular formula is C10H11Cl3N2. The third-order valence-electron chi connectivity index (χ3n) is 2.40. The molecule has 0 amide bonds. The van der Waals surface area contributed by atoms with Crippen molar-refractivity contribution < 1.29 is 0 Å². The molecule has 2 nitrogen and oxygen atoms in total. The van der Waals surface area contributed by atoms with Crippen LogP contribution in [0.5, 0.6) is 0 Å². The van der Waals surface area contributed by atoms with Crippen LogP contribution < -0.4 is 10.2 Å². The lowest BCUT2D eigenvalue weighted by Gasteiger charge is -2.33. The summed E-state index contributed by atoms with van der Waals surface area (Å²) in [4.78, 5) is 2.14. The SMILES string of the molecule is Clc1cccc(N2CCNC(Cl)C2)c1Cl. The number of nitrogens with zero attached hydrogens (tertiary/aromatic N) is 1. The van der Waals surface area contributed by atoms with E-state index < -0.39 is 0 Å². The van der Waals surface area contributed by atoms with Crippen molar-refractivity contribution in [2.45, 2.75) is 5.50 Å². The zero-order valence-electron chi connectivity index (χ0n) is 8.01. The van der Waals surface area contributed by atoms with Gasteiger partial charge in [0.1, 0.15) is 5.50 Å². The molecule has 0 bridgehead atoms. The number of piperazine rings is 1. The molecular weight excluding hydrogens is 254 g/mol. The summed E-state index contributed by atoms with van der Waals surface area (Å²) in [6, 6.07) is 5.64. The molecule has 1 fully saturated rings. The summed E-state index contributed by atoms with van der Waals surface area (Å²) < 4.78 is 0. The maximum absolute atomic E-state index is 6.14. The highest BCUT2D eigenvalue weighted by atomic mass is 35.5. The Kier molecular flexibility index (Phi) is 3.62. The van der Waals surface area contributed by atoms with Crippen molar-refractivity contribution in [3.05, 3.63) is 28.2 Å². The molecule has 1 heterocycles. The maximum Gasteiger partial charge on any atom is 0.100 e. The van der Waals surface area contributed by atoms with Crippen molar-refractivity contribution in [1.29, 1.82) is 0 Å². The van der Waals surface area contributed by atoms with E-state index >= 15 is 0 Å². The molecule has 1 aliphatic heterocycles. The monoisotopic (exact) mass is 264 g/mol. The molecule has 0 saturated carbocycles. The Bertz CT molecular complexity index is 357. The largest absolute Gasteiger partial charge is 0.366 e. The molecule has 82 valence electrons. The van der Waals surface area contributed by atoms with Crippen molar-refractivity contribution in [1.82, 2.24) is 5.32 Å². The highest BCUT2D eigenvalue weighted by Crippen LogP contribution is 2.32. The number of benzene rings is 1. The predicted octanol–water partition coefficient (Wildman–Crippen LogP) is 2.97. The van der Waals surface area contributed by atoms with Crippen LogP contribution in [0.1, 0.15) is 0 Å². The summed E-state index contributed by atoms with van der Waals surface area (Å²) in [7, 11) is 0. The second-order valence-electron chi connectivity index (χ2n) is 3.44. The fourth-order valence-corrected chi connectivity index (χ4v) is 2.35. The third-order valence-corrected chi connectivity index (χ3v) is 3.50. The lowest BCUT2D eigenvalue weighted by atomic mass is 10.2. The molecule has 0 aliphatic carbocycles. The Balaban J connectivity index is 2.24. The average molecular weight is 266 g/mol. The van der Waals surface area contributed by atoms with Crippen LogP contribution >= 0.6 is 34.8 Å². The predicted molar refractivity (Wildman–Crippen MR) is 66.3 cm³/mol. The smallest absolute Gasteiger partial charge is 0.100 e.